The fraction of sp³-hybridized carbons (Fsp3) is 0.174. The Hall–Kier alpha value is -14.6. The van der Waals surface area contributed by atoms with Gasteiger partial charge in [0.1, 0.15) is 85.8 Å². The van der Waals surface area contributed by atoms with Crippen LogP contribution in [0.25, 0.3) is 0 Å². The molecular formula is C92H85BrCl5N19O15. The third-order valence-corrected chi connectivity index (χ3v) is 21.2. The van der Waals surface area contributed by atoms with E-state index >= 15 is 0 Å². The number of nitrogen functional groups attached to an aromatic ring is 1. The summed E-state index contributed by atoms with van der Waals surface area (Å²) in [5.74, 6) is 3.71. The van der Waals surface area contributed by atoms with Gasteiger partial charge in [-0.2, -0.15) is 0 Å². The van der Waals surface area contributed by atoms with Crippen LogP contribution in [0.2, 0.25) is 25.8 Å². The molecule has 8 N–H and O–H groups in total. The number of aromatic nitrogens is 8. The number of methoxy groups -OCH3 is 3. The molecule has 9 aromatic carbocycles. The Morgan fingerprint density at radius 3 is 1.11 bits per heavy atom. The van der Waals surface area contributed by atoms with Crippen molar-refractivity contribution in [3.63, 3.8) is 0 Å². The van der Waals surface area contributed by atoms with E-state index in [0.717, 1.165) is 103 Å². The first-order chi connectivity index (χ1) is 63.2. The summed E-state index contributed by atoms with van der Waals surface area (Å²) >= 11 is 31.4. The summed E-state index contributed by atoms with van der Waals surface area (Å²) in [4.78, 5) is 128. The predicted molar refractivity (Wildman–Crippen MR) is 505 cm³/mol. The highest BCUT2D eigenvalue weighted by Gasteiger charge is 2.32. The van der Waals surface area contributed by atoms with Crippen LogP contribution in [0.3, 0.4) is 0 Å². The molecule has 9 heterocycles. The molecule has 5 aliphatic rings. The molecule has 40 heteroatoms. The van der Waals surface area contributed by atoms with Gasteiger partial charge in [0.25, 0.3) is 40.9 Å². The molecule has 5 amide bonds. The van der Waals surface area contributed by atoms with Crippen LogP contribution in [-0.4, -0.2) is 140 Å². The van der Waals surface area contributed by atoms with E-state index in [4.69, 9.17) is 87.8 Å². The van der Waals surface area contributed by atoms with Crippen molar-refractivity contribution in [3.05, 3.63) is 361 Å². The van der Waals surface area contributed by atoms with Crippen LogP contribution < -0.4 is 46.5 Å². The number of hydrogen-bond donors (Lipinski definition) is 7. The third kappa shape index (κ3) is 27.5. The number of carbonyl (C=O) groups is 6. The van der Waals surface area contributed by atoms with Crippen molar-refractivity contribution < 1.29 is 62.7 Å². The number of nitrogens with two attached hydrogens (primary N) is 1. The monoisotopic (exact) mass is 1950 g/mol. The summed E-state index contributed by atoms with van der Waals surface area (Å²) in [7, 11) is 5.87. The Morgan fingerprint density at radius 2 is 0.765 bits per heavy atom. The maximum absolute atomic E-state index is 12.7. The minimum absolute atomic E-state index is 0. The van der Waals surface area contributed by atoms with Gasteiger partial charge in [0.05, 0.1) is 43.3 Å². The van der Waals surface area contributed by atoms with E-state index in [0.29, 0.717) is 129 Å². The summed E-state index contributed by atoms with van der Waals surface area (Å²) < 4.78 is 20.2. The Labute approximate surface area is 790 Å². The second kappa shape index (κ2) is 48.2. The van der Waals surface area contributed by atoms with Crippen LogP contribution >= 0.6 is 73.9 Å². The number of nitrogens with one attached hydrogen (secondary N) is 5. The molecule has 680 valence electrons. The van der Waals surface area contributed by atoms with Gasteiger partial charge in [-0.3, -0.25) is 44.2 Å². The average molecular weight is 1950 g/mol. The number of nitro benzene ring substituents is 2. The smallest absolute Gasteiger partial charge is 0.338 e. The number of nitro groups is 2. The molecule has 0 saturated heterocycles. The SMILES string of the molecule is C.CCOC(=O)c1ccc([N+](=O)[O-])cc1CBr.CO.COc1ccc(CN2Cc3cc(N)ccc3C2=O)cc1.COc1ccc(CN2Cc3cc(Nc4cc(Cl)ncn4)ccc3C2=O)cc1.COc1ccc(CN2Cc3cc([N+](=O)[O-])ccc3C2=O)cc1.Clc1cc(Cl)ncn1.O=C1NCc2cc(Nc3cc(Cl)ncn3)ccc21.O=C1NCc2cc(Nc3cc(Cl)ncn3)ccc21. The molecule has 0 saturated carbocycles. The highest BCUT2D eigenvalue weighted by atomic mass is 79.9. The normalized spacial score (nSPS) is 12.2. The van der Waals surface area contributed by atoms with E-state index in [1.807, 2.05) is 131 Å². The maximum Gasteiger partial charge on any atom is 0.338 e. The highest BCUT2D eigenvalue weighted by molar-refractivity contribution is 9.08. The lowest BCUT2D eigenvalue weighted by molar-refractivity contribution is -0.385. The Balaban J connectivity index is 0.000000162. The number of benzene rings is 9. The van der Waals surface area contributed by atoms with Crippen molar-refractivity contribution in [2.45, 2.75) is 72.0 Å². The first kappa shape index (κ1) is 99.6. The minimum atomic E-state index is -0.499. The number of nitrogens with zero attached hydrogens (tertiary/aromatic N) is 13. The molecular weight excluding hydrogens is 1870 g/mol. The lowest BCUT2D eigenvalue weighted by Crippen LogP contribution is -2.23. The lowest BCUT2D eigenvalue weighted by atomic mass is 10.1. The number of esters is 1. The number of ether oxygens (including phenoxy) is 4. The van der Waals surface area contributed by atoms with Gasteiger partial charge in [-0.25, -0.2) is 44.7 Å². The van der Waals surface area contributed by atoms with Crippen molar-refractivity contribution in [2.75, 3.05) is 56.7 Å². The zero-order valence-corrected chi connectivity index (χ0v) is 75.7. The molecule has 34 nitrogen and oxygen atoms in total. The molecule has 13 aromatic rings. The molecule has 4 aromatic heterocycles. The first-order valence-corrected chi connectivity index (χ1v) is 42.4. The number of non-ortho nitro benzene ring substituents is 2. The van der Waals surface area contributed by atoms with E-state index in [2.05, 4.69) is 82.4 Å². The van der Waals surface area contributed by atoms with Gasteiger partial charge in [-0.1, -0.05) is 118 Å². The molecule has 5 aliphatic heterocycles. The fourth-order valence-corrected chi connectivity index (χ4v) is 14.6. The number of aliphatic hydroxyl groups is 1. The van der Waals surface area contributed by atoms with Gasteiger partial charge in [0, 0.05) is 164 Å². The molecule has 18 rings (SSSR count). The van der Waals surface area contributed by atoms with Crippen molar-refractivity contribution in [1.29, 1.82) is 0 Å². The number of alkyl halides is 1. The van der Waals surface area contributed by atoms with Crippen molar-refractivity contribution in [2.24, 2.45) is 0 Å². The number of hydrogen-bond acceptors (Lipinski definition) is 27. The van der Waals surface area contributed by atoms with Gasteiger partial charge in [0.15, 0.2) is 0 Å². The summed E-state index contributed by atoms with van der Waals surface area (Å²) in [6, 6.07) is 60.1. The van der Waals surface area contributed by atoms with Gasteiger partial charge < -0.3 is 71.1 Å². The van der Waals surface area contributed by atoms with Crippen molar-refractivity contribution >= 4 is 161 Å². The Bertz CT molecular complexity index is 6190. The quantitative estimate of drug-likeness (QED) is 0.00930. The molecule has 132 heavy (non-hydrogen) atoms. The first-order valence-electron chi connectivity index (χ1n) is 39.4. The zero-order valence-electron chi connectivity index (χ0n) is 70.3. The number of fused-ring (bicyclic) bond motifs is 5. The standard InChI is InChI=1S/C20H17ClN4O2.C16H14N2O4.C16H16N2O2.2C12H9ClN4O.C10H10BrNO4.C4H2Cl2N2.CH4O.CH4/c1-27-16-5-2-13(3-6-16)10-25-11-14-8-15(4-7-17(14)20(25)26)24-19-9-18(21)22-12-23-19;1-22-14-5-2-11(3-6-14)9-17-10-12-8-13(18(20)21)4-7-15(12)16(17)19;1-20-14-5-2-11(3-6-14)9-18-10-12-8-13(17)4-7-15(12)16(18)19;2*13-10-4-11(16-6-15-10)17-8-1-2-9-7(3-8)5-14-12(9)18;1-2-16-10(13)9-4-3-8(12(14)15)5-7(9)6-11;5-3-1-4(6)8-2-7-3;1-2;/h2-9,12H,10-11H2,1H3,(H,22,23,24);2-8H,9-10H2,1H3;2-8H,9-10,17H2,1H3;2*1-4,6H,5H2,(H,14,18)(H,15,16,17);3-5H,2,6H2,1H3;1-2H;2H,1H3;1H4. The number of anilines is 7. The summed E-state index contributed by atoms with van der Waals surface area (Å²) in [5, 5.41) is 45.5. The summed E-state index contributed by atoms with van der Waals surface area (Å²) in [5.41, 5.74) is 21.2. The van der Waals surface area contributed by atoms with Crippen LogP contribution in [0.4, 0.5) is 51.6 Å². The zero-order chi connectivity index (χ0) is 93.8. The summed E-state index contributed by atoms with van der Waals surface area (Å²) in [6.45, 7) is 6.30. The van der Waals surface area contributed by atoms with Gasteiger partial charge in [-0.15, -0.1) is 0 Å². The Morgan fingerprint density at radius 1 is 0.439 bits per heavy atom. The highest BCUT2D eigenvalue weighted by Crippen LogP contribution is 2.34. The van der Waals surface area contributed by atoms with E-state index in [-0.39, 0.29) is 54.9 Å². The molecule has 0 bridgehead atoms. The van der Waals surface area contributed by atoms with E-state index in [1.54, 1.807) is 75.6 Å². The van der Waals surface area contributed by atoms with Crippen LogP contribution in [-0.2, 0) is 62.4 Å². The largest absolute Gasteiger partial charge is 0.497 e. The number of halogens is 6. The van der Waals surface area contributed by atoms with Crippen LogP contribution in [0.1, 0.15) is 127 Å². The minimum Gasteiger partial charge on any atom is -0.497 e. The van der Waals surface area contributed by atoms with Crippen LogP contribution in [0.5, 0.6) is 17.2 Å². The van der Waals surface area contributed by atoms with Crippen molar-refractivity contribution in [3.8, 4) is 17.2 Å². The van der Waals surface area contributed by atoms with E-state index in [9.17, 15) is 49.0 Å². The third-order valence-electron chi connectivity index (χ3n) is 19.6. The summed E-state index contributed by atoms with van der Waals surface area (Å²) in [6.07, 6.45) is 5.50. The molecule has 0 fully saturated rings. The van der Waals surface area contributed by atoms with Gasteiger partial charge in [-0.05, 0) is 178 Å². The molecule has 0 unspecified atom stereocenters. The predicted octanol–water partition coefficient (Wildman–Crippen LogP) is 18.2. The Kier molecular flexibility index (Phi) is 36.3. The second-order valence-corrected chi connectivity index (χ2v) is 30.7. The lowest BCUT2D eigenvalue weighted by Gasteiger charge is -2.15. The second-order valence-electron chi connectivity index (χ2n) is 28.2. The fourth-order valence-electron chi connectivity index (χ4n) is 13.4. The molecule has 0 radical (unpaired) electrons. The van der Waals surface area contributed by atoms with E-state index < -0.39 is 15.8 Å². The van der Waals surface area contributed by atoms with Gasteiger partial charge >= 0.3 is 5.97 Å². The number of amides is 5. The van der Waals surface area contributed by atoms with Gasteiger partial charge in [0.2, 0.25) is 0 Å². The molecule has 0 spiro atoms. The van der Waals surface area contributed by atoms with Crippen LogP contribution in [0, 0.1) is 20.2 Å². The van der Waals surface area contributed by atoms with Crippen molar-refractivity contribution in [1.82, 2.24) is 65.2 Å². The maximum atomic E-state index is 12.7. The number of rotatable bonds is 20. The average Bonchev–Trinajstić information content (AvgIpc) is 1.66. The molecule has 0 aliphatic carbocycles. The van der Waals surface area contributed by atoms with Crippen LogP contribution in [0.15, 0.2) is 232 Å². The topological polar surface area (TPSA) is 445 Å². The van der Waals surface area contributed by atoms with E-state index in [1.165, 1.54) is 67.8 Å². The number of aliphatic hydroxyl groups excluding tert-OH is 1. The molecule has 0 atom stereocenters. The number of carbonyl (C=O) groups excluding carboxylic acids is 6.